The molecule has 0 aliphatic rings. The predicted molar refractivity (Wildman–Crippen MR) is 46.6 cm³/mol. The van der Waals surface area contributed by atoms with Crippen molar-refractivity contribution in [3.05, 3.63) is 28.6 Å². The van der Waals surface area contributed by atoms with Crippen molar-refractivity contribution < 1.29 is 5.11 Å². The summed E-state index contributed by atoms with van der Waals surface area (Å²) in [6.07, 6.45) is 3.27. The van der Waals surface area contributed by atoms with E-state index in [1.54, 1.807) is 23.0 Å². The van der Waals surface area contributed by atoms with Gasteiger partial charge in [-0.25, -0.2) is 9.50 Å². The number of aliphatic hydroxyl groups is 1. The second-order valence-corrected chi connectivity index (χ2v) is 3.14. The molecule has 0 atom stereocenters. The van der Waals surface area contributed by atoms with Crippen LogP contribution in [-0.4, -0.2) is 19.7 Å². The van der Waals surface area contributed by atoms with Gasteiger partial charge in [0.1, 0.15) is 4.60 Å². The van der Waals surface area contributed by atoms with E-state index in [1.165, 1.54) is 0 Å². The molecule has 2 aromatic heterocycles. The van der Waals surface area contributed by atoms with Gasteiger partial charge < -0.3 is 5.11 Å². The fourth-order valence-electron chi connectivity index (χ4n) is 1.02. The van der Waals surface area contributed by atoms with Crippen LogP contribution in [0.15, 0.2) is 23.1 Å². The molecule has 4 nitrogen and oxygen atoms in total. The van der Waals surface area contributed by atoms with Crippen LogP contribution in [0.25, 0.3) is 5.65 Å². The van der Waals surface area contributed by atoms with Gasteiger partial charge in [-0.05, 0) is 22.0 Å². The Morgan fingerprint density at radius 1 is 1.58 bits per heavy atom. The Morgan fingerprint density at radius 3 is 3.17 bits per heavy atom. The Kier molecular flexibility index (Phi) is 1.82. The van der Waals surface area contributed by atoms with E-state index in [2.05, 4.69) is 26.0 Å². The highest BCUT2D eigenvalue weighted by atomic mass is 79.9. The molecule has 2 aromatic rings. The van der Waals surface area contributed by atoms with Gasteiger partial charge in [-0.1, -0.05) is 0 Å². The zero-order valence-electron chi connectivity index (χ0n) is 6.11. The Morgan fingerprint density at radius 2 is 2.42 bits per heavy atom. The maximum Gasteiger partial charge on any atom is 0.161 e. The van der Waals surface area contributed by atoms with Gasteiger partial charge in [0.05, 0.1) is 12.8 Å². The molecule has 0 aromatic carbocycles. The summed E-state index contributed by atoms with van der Waals surface area (Å²) in [6, 6.07) is 1.79. The van der Waals surface area contributed by atoms with Crippen molar-refractivity contribution in [3.8, 4) is 0 Å². The molecule has 62 valence electrons. The first-order valence-corrected chi connectivity index (χ1v) is 4.20. The third-order valence-corrected chi connectivity index (χ3v) is 2.20. The van der Waals surface area contributed by atoms with E-state index < -0.39 is 0 Å². The molecule has 5 heteroatoms. The quantitative estimate of drug-likeness (QED) is 0.740. The van der Waals surface area contributed by atoms with Crippen LogP contribution >= 0.6 is 15.9 Å². The first kappa shape index (κ1) is 7.70. The maximum atomic E-state index is 8.91. The van der Waals surface area contributed by atoms with Gasteiger partial charge in [0.2, 0.25) is 0 Å². The first-order chi connectivity index (χ1) is 5.83. The van der Waals surface area contributed by atoms with Crippen molar-refractivity contribution in [2.24, 2.45) is 0 Å². The molecule has 0 amide bonds. The van der Waals surface area contributed by atoms with Crippen LogP contribution in [0.4, 0.5) is 0 Å². The van der Waals surface area contributed by atoms with Crippen molar-refractivity contribution in [1.29, 1.82) is 0 Å². The van der Waals surface area contributed by atoms with Crippen LogP contribution in [0.1, 0.15) is 5.56 Å². The highest BCUT2D eigenvalue weighted by Crippen LogP contribution is 2.13. The summed E-state index contributed by atoms with van der Waals surface area (Å²) in [4.78, 5) is 4.08. The number of aliphatic hydroxyl groups excluding tert-OH is 1. The SMILES string of the molecule is OCc1cnn2c(Br)ccnc12. The smallest absolute Gasteiger partial charge is 0.161 e. The van der Waals surface area contributed by atoms with Crippen molar-refractivity contribution in [2.75, 3.05) is 0 Å². The molecule has 12 heavy (non-hydrogen) atoms. The van der Waals surface area contributed by atoms with Crippen molar-refractivity contribution in [2.45, 2.75) is 6.61 Å². The Balaban J connectivity index is 2.80. The van der Waals surface area contributed by atoms with Crippen molar-refractivity contribution in [3.63, 3.8) is 0 Å². The van der Waals surface area contributed by atoms with E-state index in [1.807, 2.05) is 0 Å². The largest absolute Gasteiger partial charge is 0.391 e. The van der Waals surface area contributed by atoms with Crippen LogP contribution in [0.3, 0.4) is 0 Å². The van der Waals surface area contributed by atoms with Gasteiger partial charge in [0, 0.05) is 11.8 Å². The van der Waals surface area contributed by atoms with Crippen LogP contribution in [0.2, 0.25) is 0 Å². The van der Waals surface area contributed by atoms with Crippen molar-refractivity contribution >= 4 is 21.6 Å². The molecule has 0 saturated heterocycles. The molecule has 0 unspecified atom stereocenters. The molecule has 0 radical (unpaired) electrons. The average molecular weight is 228 g/mol. The molecule has 2 heterocycles. The molecule has 1 N–H and O–H groups in total. The molecule has 2 rings (SSSR count). The van der Waals surface area contributed by atoms with Gasteiger partial charge in [0.15, 0.2) is 5.65 Å². The van der Waals surface area contributed by atoms with Crippen molar-refractivity contribution in [1.82, 2.24) is 14.6 Å². The summed E-state index contributed by atoms with van der Waals surface area (Å²) >= 11 is 3.32. The molecule has 0 aliphatic heterocycles. The Bertz CT molecular complexity index is 412. The topological polar surface area (TPSA) is 50.4 Å². The number of hydrogen-bond acceptors (Lipinski definition) is 3. The molecule has 0 aliphatic carbocycles. The number of halogens is 1. The molecular weight excluding hydrogens is 222 g/mol. The second kappa shape index (κ2) is 2.84. The summed E-state index contributed by atoms with van der Waals surface area (Å²) < 4.78 is 2.46. The monoisotopic (exact) mass is 227 g/mol. The highest BCUT2D eigenvalue weighted by molar-refractivity contribution is 9.10. The molecule has 0 bridgehead atoms. The minimum absolute atomic E-state index is 0.0348. The Labute approximate surface area is 77.0 Å². The van der Waals surface area contributed by atoms with Gasteiger partial charge in [-0.3, -0.25) is 0 Å². The highest BCUT2D eigenvalue weighted by Gasteiger charge is 2.04. The third kappa shape index (κ3) is 1.02. The minimum atomic E-state index is -0.0348. The molecule has 0 fully saturated rings. The first-order valence-electron chi connectivity index (χ1n) is 3.41. The van der Waals surface area contributed by atoms with Gasteiger partial charge >= 0.3 is 0 Å². The number of nitrogens with zero attached hydrogens (tertiary/aromatic N) is 3. The van der Waals surface area contributed by atoms with E-state index in [-0.39, 0.29) is 6.61 Å². The van der Waals surface area contributed by atoms with E-state index in [9.17, 15) is 0 Å². The minimum Gasteiger partial charge on any atom is -0.391 e. The Hall–Kier alpha value is -0.940. The van der Waals surface area contributed by atoms with Crippen LogP contribution < -0.4 is 0 Å². The molecular formula is C7H6BrN3O. The second-order valence-electron chi connectivity index (χ2n) is 2.33. The standard InChI is InChI=1S/C7H6BrN3O/c8-6-1-2-9-7-5(4-12)3-10-11(6)7/h1-3,12H,4H2. The van der Waals surface area contributed by atoms with Gasteiger partial charge in [-0.2, -0.15) is 5.10 Å². The molecule has 0 spiro atoms. The zero-order chi connectivity index (χ0) is 8.55. The maximum absolute atomic E-state index is 8.91. The zero-order valence-corrected chi connectivity index (χ0v) is 7.69. The number of fused-ring (bicyclic) bond motifs is 1. The molecule has 0 saturated carbocycles. The summed E-state index contributed by atoms with van der Waals surface area (Å²) in [5.74, 6) is 0. The van der Waals surface area contributed by atoms with E-state index in [0.29, 0.717) is 5.65 Å². The van der Waals surface area contributed by atoms with E-state index in [0.717, 1.165) is 10.2 Å². The summed E-state index contributed by atoms with van der Waals surface area (Å²) in [5.41, 5.74) is 1.42. The summed E-state index contributed by atoms with van der Waals surface area (Å²) in [6.45, 7) is -0.0348. The predicted octanol–water partition coefficient (Wildman–Crippen LogP) is 0.984. The average Bonchev–Trinajstić information content (AvgIpc) is 2.49. The van der Waals surface area contributed by atoms with E-state index >= 15 is 0 Å². The fourth-order valence-corrected chi connectivity index (χ4v) is 1.40. The van der Waals surface area contributed by atoms with E-state index in [4.69, 9.17) is 5.11 Å². The normalized spacial score (nSPS) is 10.8. The van der Waals surface area contributed by atoms with Gasteiger partial charge in [-0.15, -0.1) is 0 Å². The lowest BCUT2D eigenvalue weighted by atomic mass is 10.4. The lowest BCUT2D eigenvalue weighted by molar-refractivity contribution is 0.283. The third-order valence-electron chi connectivity index (χ3n) is 1.60. The summed E-state index contributed by atoms with van der Waals surface area (Å²) in [5, 5.41) is 12.9. The van der Waals surface area contributed by atoms with Crippen LogP contribution in [-0.2, 0) is 6.61 Å². The fraction of sp³-hybridized carbons (Fsp3) is 0.143. The van der Waals surface area contributed by atoms with Crippen LogP contribution in [0, 0.1) is 0 Å². The van der Waals surface area contributed by atoms with Gasteiger partial charge in [0.25, 0.3) is 0 Å². The number of rotatable bonds is 1. The lowest BCUT2D eigenvalue weighted by Gasteiger charge is -1.95. The lowest BCUT2D eigenvalue weighted by Crippen LogP contribution is -1.92. The number of aromatic nitrogens is 3. The summed E-state index contributed by atoms with van der Waals surface area (Å²) in [7, 11) is 0. The number of hydrogen-bond donors (Lipinski definition) is 1. The van der Waals surface area contributed by atoms with Crippen LogP contribution in [0.5, 0.6) is 0 Å².